The summed E-state index contributed by atoms with van der Waals surface area (Å²) in [6, 6.07) is 2.67. The molecule has 0 spiro atoms. The fraction of sp³-hybridized carbons (Fsp3) is 0.462. The van der Waals surface area contributed by atoms with Crippen LogP contribution < -0.4 is 20.5 Å². The van der Waals surface area contributed by atoms with Gasteiger partial charge in [-0.05, 0) is 12.5 Å². The summed E-state index contributed by atoms with van der Waals surface area (Å²) in [5, 5.41) is 13.6. The van der Waals surface area contributed by atoms with Gasteiger partial charge in [0.1, 0.15) is 18.9 Å². The van der Waals surface area contributed by atoms with E-state index in [1.54, 1.807) is 0 Å². The van der Waals surface area contributed by atoms with Gasteiger partial charge in [-0.2, -0.15) is 0 Å². The van der Waals surface area contributed by atoms with E-state index in [-0.39, 0.29) is 29.6 Å². The van der Waals surface area contributed by atoms with Crippen LogP contribution >= 0.6 is 0 Å². The van der Waals surface area contributed by atoms with Gasteiger partial charge in [0.15, 0.2) is 11.5 Å². The summed E-state index contributed by atoms with van der Waals surface area (Å²) in [6.45, 7) is 2.90. The van der Waals surface area contributed by atoms with E-state index in [9.17, 15) is 14.9 Å². The predicted octanol–water partition coefficient (Wildman–Crippen LogP) is 1.29. The third-order valence-electron chi connectivity index (χ3n) is 3.07. The van der Waals surface area contributed by atoms with Gasteiger partial charge < -0.3 is 20.5 Å². The summed E-state index contributed by atoms with van der Waals surface area (Å²) in [5.41, 5.74) is 5.33. The Bertz CT molecular complexity index is 561. The second kappa shape index (κ2) is 6.40. The maximum atomic E-state index is 11.9. The SMILES string of the molecule is CC(CN)CC(=O)Nc1cc2c(cc1[N+](=O)[O-])OCCO2. The lowest BCUT2D eigenvalue weighted by molar-refractivity contribution is -0.384. The van der Waals surface area contributed by atoms with Gasteiger partial charge in [-0.25, -0.2) is 0 Å². The number of ether oxygens (including phenoxy) is 2. The maximum absolute atomic E-state index is 11.9. The van der Waals surface area contributed by atoms with Gasteiger partial charge in [0, 0.05) is 12.5 Å². The number of nitrogens with two attached hydrogens (primary N) is 1. The Labute approximate surface area is 121 Å². The molecule has 1 aliphatic rings. The van der Waals surface area contributed by atoms with Crippen molar-refractivity contribution in [1.82, 2.24) is 0 Å². The summed E-state index contributed by atoms with van der Waals surface area (Å²) < 4.78 is 10.7. The van der Waals surface area contributed by atoms with Gasteiger partial charge in [0.25, 0.3) is 5.69 Å². The molecular weight excluding hydrogens is 278 g/mol. The van der Waals surface area contributed by atoms with E-state index in [1.165, 1.54) is 12.1 Å². The molecule has 1 heterocycles. The van der Waals surface area contributed by atoms with Gasteiger partial charge in [-0.3, -0.25) is 14.9 Å². The molecule has 2 rings (SSSR count). The fourth-order valence-electron chi connectivity index (χ4n) is 1.93. The van der Waals surface area contributed by atoms with Crippen LogP contribution in [-0.4, -0.2) is 30.6 Å². The summed E-state index contributed by atoms with van der Waals surface area (Å²) >= 11 is 0. The van der Waals surface area contributed by atoms with Crippen molar-refractivity contribution in [3.63, 3.8) is 0 Å². The first-order valence-corrected chi connectivity index (χ1v) is 6.59. The molecule has 8 nitrogen and oxygen atoms in total. The molecule has 1 amide bonds. The van der Waals surface area contributed by atoms with Crippen LogP contribution in [-0.2, 0) is 4.79 Å². The van der Waals surface area contributed by atoms with Crippen LogP contribution in [0.15, 0.2) is 12.1 Å². The van der Waals surface area contributed by atoms with Gasteiger partial charge in [-0.15, -0.1) is 0 Å². The van der Waals surface area contributed by atoms with Gasteiger partial charge in [0.2, 0.25) is 5.91 Å². The van der Waals surface area contributed by atoms with Crippen LogP contribution in [0.25, 0.3) is 0 Å². The Morgan fingerprint density at radius 3 is 2.62 bits per heavy atom. The molecule has 114 valence electrons. The number of rotatable bonds is 5. The van der Waals surface area contributed by atoms with Crippen molar-refractivity contribution < 1.29 is 19.2 Å². The minimum atomic E-state index is -0.569. The zero-order valence-electron chi connectivity index (χ0n) is 11.6. The molecule has 1 unspecified atom stereocenters. The molecule has 0 aliphatic carbocycles. The van der Waals surface area contributed by atoms with E-state index >= 15 is 0 Å². The van der Waals surface area contributed by atoms with Crippen LogP contribution in [0.4, 0.5) is 11.4 Å². The molecule has 3 N–H and O–H groups in total. The van der Waals surface area contributed by atoms with Crippen molar-refractivity contribution in [2.45, 2.75) is 13.3 Å². The fourth-order valence-corrected chi connectivity index (χ4v) is 1.93. The molecule has 1 aromatic carbocycles. The Morgan fingerprint density at radius 2 is 2.05 bits per heavy atom. The molecule has 0 bridgehead atoms. The number of nitrogens with one attached hydrogen (secondary N) is 1. The van der Waals surface area contributed by atoms with Crippen molar-refractivity contribution in [2.75, 3.05) is 25.1 Å². The molecule has 0 aromatic heterocycles. The van der Waals surface area contributed by atoms with Gasteiger partial charge in [-0.1, -0.05) is 6.92 Å². The molecule has 1 aromatic rings. The Balaban J connectivity index is 2.24. The molecule has 21 heavy (non-hydrogen) atoms. The number of hydrogen-bond acceptors (Lipinski definition) is 6. The predicted molar refractivity (Wildman–Crippen MR) is 75.6 cm³/mol. The molecule has 0 fully saturated rings. The van der Waals surface area contributed by atoms with Gasteiger partial charge in [0.05, 0.1) is 11.0 Å². The van der Waals surface area contributed by atoms with E-state index in [2.05, 4.69) is 5.32 Å². The van der Waals surface area contributed by atoms with E-state index in [0.717, 1.165) is 0 Å². The normalized spacial score (nSPS) is 14.4. The van der Waals surface area contributed by atoms with Crippen LogP contribution in [0, 0.1) is 16.0 Å². The third kappa shape index (κ3) is 3.60. The number of benzene rings is 1. The van der Waals surface area contributed by atoms with Crippen molar-refractivity contribution >= 4 is 17.3 Å². The maximum Gasteiger partial charge on any atom is 0.296 e. The monoisotopic (exact) mass is 295 g/mol. The zero-order valence-corrected chi connectivity index (χ0v) is 11.6. The zero-order chi connectivity index (χ0) is 15.4. The number of fused-ring (bicyclic) bond motifs is 1. The highest BCUT2D eigenvalue weighted by Crippen LogP contribution is 2.39. The second-order valence-electron chi connectivity index (χ2n) is 4.86. The van der Waals surface area contributed by atoms with Crippen molar-refractivity contribution in [3.8, 4) is 11.5 Å². The number of amides is 1. The highest BCUT2D eigenvalue weighted by atomic mass is 16.6. The highest BCUT2D eigenvalue weighted by Gasteiger charge is 2.23. The lowest BCUT2D eigenvalue weighted by Gasteiger charge is -2.19. The Kier molecular flexibility index (Phi) is 4.59. The number of anilines is 1. The van der Waals surface area contributed by atoms with E-state index in [1.807, 2.05) is 6.92 Å². The lowest BCUT2D eigenvalue weighted by Crippen LogP contribution is -2.21. The third-order valence-corrected chi connectivity index (χ3v) is 3.07. The number of carbonyl (C=O) groups excluding carboxylic acids is 1. The first-order valence-electron chi connectivity index (χ1n) is 6.59. The molecule has 0 saturated heterocycles. The number of nitrogens with zero attached hydrogens (tertiary/aromatic N) is 1. The quantitative estimate of drug-likeness (QED) is 0.624. The average molecular weight is 295 g/mol. The number of carbonyl (C=O) groups is 1. The smallest absolute Gasteiger partial charge is 0.296 e. The second-order valence-corrected chi connectivity index (χ2v) is 4.86. The summed E-state index contributed by atoms with van der Waals surface area (Å²) in [4.78, 5) is 22.4. The standard InChI is InChI=1S/C13H17N3O5/c1-8(7-14)4-13(17)15-9-5-11-12(21-3-2-20-11)6-10(9)16(18)19/h5-6,8H,2-4,7,14H2,1H3,(H,15,17). The summed E-state index contributed by atoms with van der Waals surface area (Å²) in [6.07, 6.45) is 0.197. The van der Waals surface area contributed by atoms with Crippen LogP contribution in [0.1, 0.15) is 13.3 Å². The number of nitro groups is 1. The summed E-state index contributed by atoms with van der Waals surface area (Å²) in [5.74, 6) is 0.365. The first kappa shape index (κ1) is 15.0. The Morgan fingerprint density at radius 1 is 1.43 bits per heavy atom. The van der Waals surface area contributed by atoms with E-state index < -0.39 is 4.92 Å². The molecular formula is C13H17N3O5. The number of nitro benzene ring substituents is 1. The van der Waals surface area contributed by atoms with Crippen molar-refractivity contribution in [1.29, 1.82) is 0 Å². The minimum Gasteiger partial charge on any atom is -0.486 e. The van der Waals surface area contributed by atoms with Crippen LogP contribution in [0.5, 0.6) is 11.5 Å². The minimum absolute atomic E-state index is 0.00117. The number of hydrogen-bond donors (Lipinski definition) is 2. The lowest BCUT2D eigenvalue weighted by atomic mass is 10.1. The Hall–Kier alpha value is -2.35. The van der Waals surface area contributed by atoms with Crippen LogP contribution in [0.3, 0.4) is 0 Å². The molecule has 8 heteroatoms. The van der Waals surface area contributed by atoms with Crippen molar-refractivity contribution in [2.24, 2.45) is 11.7 Å². The van der Waals surface area contributed by atoms with Crippen LogP contribution in [0.2, 0.25) is 0 Å². The topological polar surface area (TPSA) is 117 Å². The first-order chi connectivity index (χ1) is 10.0. The largest absolute Gasteiger partial charge is 0.486 e. The van der Waals surface area contributed by atoms with Gasteiger partial charge >= 0.3 is 0 Å². The van der Waals surface area contributed by atoms with Crippen molar-refractivity contribution in [3.05, 3.63) is 22.2 Å². The summed E-state index contributed by atoms with van der Waals surface area (Å²) in [7, 11) is 0. The molecule has 0 saturated carbocycles. The average Bonchev–Trinajstić information content (AvgIpc) is 2.46. The highest BCUT2D eigenvalue weighted by molar-refractivity contribution is 5.93. The van der Waals surface area contributed by atoms with E-state index in [4.69, 9.17) is 15.2 Å². The molecule has 1 aliphatic heterocycles. The van der Waals surface area contributed by atoms with E-state index in [0.29, 0.717) is 31.3 Å². The molecule has 1 atom stereocenters. The molecule has 0 radical (unpaired) electrons.